The van der Waals surface area contributed by atoms with Gasteiger partial charge in [0.15, 0.2) is 18.2 Å². The number of halogens is 1. The van der Waals surface area contributed by atoms with E-state index in [0.717, 1.165) is 22.4 Å². The molecule has 0 atom stereocenters. The van der Waals surface area contributed by atoms with Gasteiger partial charge in [-0.2, -0.15) is 0 Å². The molecule has 0 aromatic heterocycles. The van der Waals surface area contributed by atoms with Crippen molar-refractivity contribution >= 4 is 5.91 Å². The van der Waals surface area contributed by atoms with Gasteiger partial charge in [-0.15, -0.1) is 0 Å². The van der Waals surface area contributed by atoms with E-state index in [1.807, 2.05) is 26.0 Å². The number of hydrogen-bond donors (Lipinski definition) is 1. The number of carbonyl (C=O) groups is 1. The van der Waals surface area contributed by atoms with E-state index in [9.17, 15) is 9.18 Å². The Hall–Kier alpha value is -2.56. The maximum atomic E-state index is 13.4. The van der Waals surface area contributed by atoms with Crippen LogP contribution in [-0.2, 0) is 11.3 Å². The van der Waals surface area contributed by atoms with Crippen LogP contribution >= 0.6 is 0 Å². The largest absolute Gasteiger partial charge is 0.496 e. The second kappa shape index (κ2) is 7.63. The first-order chi connectivity index (χ1) is 11.0. The van der Waals surface area contributed by atoms with Gasteiger partial charge in [0.05, 0.1) is 7.11 Å². The van der Waals surface area contributed by atoms with E-state index in [2.05, 4.69) is 5.32 Å². The minimum atomic E-state index is -0.484. The molecule has 0 aliphatic rings. The smallest absolute Gasteiger partial charge is 0.258 e. The van der Waals surface area contributed by atoms with E-state index in [0.29, 0.717) is 6.54 Å². The molecule has 5 heteroatoms. The molecule has 0 aliphatic carbocycles. The molecule has 2 rings (SSSR count). The second-order valence-corrected chi connectivity index (χ2v) is 5.17. The highest BCUT2D eigenvalue weighted by molar-refractivity contribution is 5.77. The molecule has 0 spiro atoms. The van der Waals surface area contributed by atoms with Crippen molar-refractivity contribution < 1.29 is 18.7 Å². The van der Waals surface area contributed by atoms with Gasteiger partial charge in [0.25, 0.3) is 5.91 Å². The number of hydrogen-bond acceptors (Lipinski definition) is 3. The van der Waals surface area contributed by atoms with Gasteiger partial charge in [0.1, 0.15) is 5.75 Å². The molecule has 2 aromatic carbocycles. The normalized spacial score (nSPS) is 10.3. The highest BCUT2D eigenvalue weighted by Gasteiger charge is 2.09. The molecule has 2 aromatic rings. The molecule has 0 saturated heterocycles. The van der Waals surface area contributed by atoms with Crippen LogP contribution < -0.4 is 14.8 Å². The van der Waals surface area contributed by atoms with E-state index in [4.69, 9.17) is 9.47 Å². The van der Waals surface area contributed by atoms with Crippen molar-refractivity contribution in [2.75, 3.05) is 13.7 Å². The summed E-state index contributed by atoms with van der Waals surface area (Å²) in [6.07, 6.45) is 0. The average Bonchev–Trinajstić information content (AvgIpc) is 2.55. The van der Waals surface area contributed by atoms with Crippen molar-refractivity contribution in [3.63, 3.8) is 0 Å². The van der Waals surface area contributed by atoms with Crippen LogP contribution in [0.5, 0.6) is 11.5 Å². The number of para-hydroxylation sites is 1. The Morgan fingerprint density at radius 3 is 2.52 bits per heavy atom. The minimum Gasteiger partial charge on any atom is -0.496 e. The average molecular weight is 317 g/mol. The Bertz CT molecular complexity index is 701. The Kier molecular flexibility index (Phi) is 5.57. The zero-order valence-electron chi connectivity index (χ0n) is 13.5. The monoisotopic (exact) mass is 317 g/mol. The maximum Gasteiger partial charge on any atom is 0.258 e. The lowest BCUT2D eigenvalue weighted by Gasteiger charge is -2.13. The number of amides is 1. The number of methoxy groups -OCH3 is 1. The lowest BCUT2D eigenvalue weighted by molar-refractivity contribution is -0.123. The third-order valence-corrected chi connectivity index (χ3v) is 3.74. The predicted molar refractivity (Wildman–Crippen MR) is 86.2 cm³/mol. The summed E-state index contributed by atoms with van der Waals surface area (Å²) < 4.78 is 23.8. The predicted octanol–water partition coefficient (Wildman–Crippen LogP) is 3.15. The highest BCUT2D eigenvalue weighted by atomic mass is 19.1. The summed E-state index contributed by atoms with van der Waals surface area (Å²) in [5.41, 5.74) is 3.11. The first-order valence-corrected chi connectivity index (χ1v) is 7.30. The fourth-order valence-electron chi connectivity index (χ4n) is 2.21. The second-order valence-electron chi connectivity index (χ2n) is 5.17. The van der Waals surface area contributed by atoms with Crippen molar-refractivity contribution in [3.05, 3.63) is 58.9 Å². The number of carbonyl (C=O) groups excluding carboxylic acids is 1. The lowest BCUT2D eigenvalue weighted by Crippen LogP contribution is -2.28. The highest BCUT2D eigenvalue weighted by Crippen LogP contribution is 2.23. The van der Waals surface area contributed by atoms with Crippen LogP contribution in [0.25, 0.3) is 0 Å². The topological polar surface area (TPSA) is 47.6 Å². The van der Waals surface area contributed by atoms with E-state index in [1.165, 1.54) is 12.1 Å². The van der Waals surface area contributed by atoms with Crippen molar-refractivity contribution in [1.29, 1.82) is 0 Å². The summed E-state index contributed by atoms with van der Waals surface area (Å²) in [6.45, 7) is 4.11. The zero-order valence-corrected chi connectivity index (χ0v) is 13.5. The Morgan fingerprint density at radius 1 is 1.09 bits per heavy atom. The van der Waals surface area contributed by atoms with Gasteiger partial charge in [-0.05, 0) is 48.7 Å². The lowest BCUT2D eigenvalue weighted by atomic mass is 10.0. The molecule has 23 heavy (non-hydrogen) atoms. The van der Waals surface area contributed by atoms with Crippen molar-refractivity contribution in [2.24, 2.45) is 0 Å². The summed E-state index contributed by atoms with van der Waals surface area (Å²) in [7, 11) is 1.63. The SMILES string of the molecule is COc1ccc(CNC(=O)COc2ccccc2F)c(C)c1C. The zero-order chi connectivity index (χ0) is 16.8. The Balaban J connectivity index is 1.90. The summed E-state index contributed by atoms with van der Waals surface area (Å²) in [6, 6.07) is 9.78. The van der Waals surface area contributed by atoms with Crippen LogP contribution in [0.2, 0.25) is 0 Å². The van der Waals surface area contributed by atoms with E-state index < -0.39 is 5.82 Å². The van der Waals surface area contributed by atoms with Crippen LogP contribution in [0.4, 0.5) is 4.39 Å². The molecule has 4 nitrogen and oxygen atoms in total. The van der Waals surface area contributed by atoms with Gasteiger partial charge < -0.3 is 14.8 Å². The minimum absolute atomic E-state index is 0.0686. The van der Waals surface area contributed by atoms with Gasteiger partial charge in [-0.25, -0.2) is 4.39 Å². The van der Waals surface area contributed by atoms with Crippen LogP contribution in [0.1, 0.15) is 16.7 Å². The van der Waals surface area contributed by atoms with Crippen LogP contribution in [0, 0.1) is 19.7 Å². The fourth-order valence-corrected chi connectivity index (χ4v) is 2.21. The molecule has 0 bridgehead atoms. The molecule has 122 valence electrons. The van der Waals surface area contributed by atoms with Gasteiger partial charge in [-0.1, -0.05) is 18.2 Å². The summed E-state index contributed by atoms with van der Waals surface area (Å²) in [4.78, 5) is 11.8. The molecular formula is C18H20FNO3. The van der Waals surface area contributed by atoms with Crippen LogP contribution in [0.3, 0.4) is 0 Å². The maximum absolute atomic E-state index is 13.4. The van der Waals surface area contributed by atoms with Crippen LogP contribution in [-0.4, -0.2) is 19.6 Å². The van der Waals surface area contributed by atoms with Crippen molar-refractivity contribution in [2.45, 2.75) is 20.4 Å². The summed E-state index contributed by atoms with van der Waals surface area (Å²) in [5.74, 6) is 0.0997. The number of benzene rings is 2. The number of rotatable bonds is 6. The Morgan fingerprint density at radius 2 is 1.83 bits per heavy atom. The van der Waals surface area contributed by atoms with Crippen molar-refractivity contribution in [3.8, 4) is 11.5 Å². The first kappa shape index (κ1) is 16.8. The van der Waals surface area contributed by atoms with E-state index in [-0.39, 0.29) is 18.3 Å². The molecule has 0 fully saturated rings. The standard InChI is InChI=1S/C18H20FNO3/c1-12-13(2)16(22-3)9-8-14(12)10-20-18(21)11-23-17-7-5-4-6-15(17)19/h4-9H,10-11H2,1-3H3,(H,20,21). The molecule has 0 aliphatic heterocycles. The third-order valence-electron chi connectivity index (χ3n) is 3.74. The van der Waals surface area contributed by atoms with Crippen LogP contribution in [0.15, 0.2) is 36.4 Å². The molecule has 1 N–H and O–H groups in total. The van der Waals surface area contributed by atoms with E-state index >= 15 is 0 Å². The molecule has 1 amide bonds. The first-order valence-electron chi connectivity index (χ1n) is 7.30. The van der Waals surface area contributed by atoms with Gasteiger partial charge in [0, 0.05) is 6.54 Å². The fraction of sp³-hybridized carbons (Fsp3) is 0.278. The third kappa shape index (κ3) is 4.22. The summed E-state index contributed by atoms with van der Waals surface area (Å²) >= 11 is 0. The molecule has 0 heterocycles. The molecule has 0 radical (unpaired) electrons. The number of nitrogens with one attached hydrogen (secondary N) is 1. The quantitative estimate of drug-likeness (QED) is 0.890. The van der Waals surface area contributed by atoms with E-state index in [1.54, 1.807) is 19.2 Å². The van der Waals surface area contributed by atoms with Gasteiger partial charge in [0.2, 0.25) is 0 Å². The van der Waals surface area contributed by atoms with Gasteiger partial charge in [-0.3, -0.25) is 4.79 Å². The molecule has 0 unspecified atom stereocenters. The van der Waals surface area contributed by atoms with Crippen molar-refractivity contribution in [1.82, 2.24) is 5.32 Å². The molecule has 0 saturated carbocycles. The Labute approximate surface area is 135 Å². The molecular weight excluding hydrogens is 297 g/mol. The summed E-state index contributed by atoms with van der Waals surface area (Å²) in [5, 5.41) is 2.77. The number of ether oxygens (including phenoxy) is 2. The van der Waals surface area contributed by atoms with Gasteiger partial charge >= 0.3 is 0 Å².